The van der Waals surface area contributed by atoms with Gasteiger partial charge in [-0.1, -0.05) is 58.6 Å². The van der Waals surface area contributed by atoms with Gasteiger partial charge in [-0.3, -0.25) is 14.5 Å². The van der Waals surface area contributed by atoms with Crippen LogP contribution in [0.3, 0.4) is 0 Å². The number of carbonyl (C=O) groups is 2. The van der Waals surface area contributed by atoms with E-state index in [1.807, 2.05) is 6.92 Å². The van der Waals surface area contributed by atoms with Crippen molar-refractivity contribution in [3.05, 3.63) is 11.6 Å². The molecule has 0 aromatic carbocycles. The second-order valence-corrected chi connectivity index (χ2v) is 11.2. The second kappa shape index (κ2) is 7.85. The molecule has 0 N–H and O–H groups in total. The molecule has 1 saturated heterocycles. The maximum Gasteiger partial charge on any atom is 0.233 e. The summed E-state index contributed by atoms with van der Waals surface area (Å²) in [4.78, 5) is 27.3. The molecule has 1 heterocycles. The van der Waals surface area contributed by atoms with Crippen molar-refractivity contribution in [1.29, 1.82) is 0 Å². The highest BCUT2D eigenvalue weighted by Crippen LogP contribution is 2.64. The first-order valence-electron chi connectivity index (χ1n) is 12.3. The van der Waals surface area contributed by atoms with Gasteiger partial charge in [0, 0.05) is 6.54 Å². The summed E-state index contributed by atoms with van der Waals surface area (Å²) >= 11 is 0. The number of fused-ring (bicyclic) bond motifs is 5. The van der Waals surface area contributed by atoms with Gasteiger partial charge < -0.3 is 0 Å². The topological polar surface area (TPSA) is 37.4 Å². The lowest BCUT2D eigenvalue weighted by atomic mass is 9.54. The number of likely N-dealkylation sites (tertiary alicyclic amines) is 1. The van der Waals surface area contributed by atoms with Gasteiger partial charge in [-0.05, 0) is 74.0 Å². The molecular formula is C26H41NO2. The van der Waals surface area contributed by atoms with E-state index in [1.165, 1.54) is 43.4 Å². The number of carbonyl (C=O) groups excluding carboxylic acids is 2. The summed E-state index contributed by atoms with van der Waals surface area (Å²) in [7, 11) is 0. The Labute approximate surface area is 177 Å². The molecule has 3 nitrogen and oxygen atoms in total. The highest BCUT2D eigenvalue weighted by molar-refractivity contribution is 6.05. The SMILES string of the molecule is CCN1C(=O)[C@H]2[C@H](CC=C3[C@H]2CC[C@]2(C)[C@@H]([C@H](C)CCCC(C)C)CC[C@@H]32)C1=O. The fourth-order valence-corrected chi connectivity index (χ4v) is 7.82. The van der Waals surface area contributed by atoms with E-state index in [4.69, 9.17) is 0 Å². The lowest BCUT2D eigenvalue weighted by Crippen LogP contribution is -2.44. The Morgan fingerprint density at radius 1 is 1.07 bits per heavy atom. The van der Waals surface area contributed by atoms with Crippen LogP contribution in [0.4, 0.5) is 0 Å². The first kappa shape index (κ1) is 21.1. The Hall–Kier alpha value is -1.12. The van der Waals surface area contributed by atoms with Gasteiger partial charge in [0.2, 0.25) is 11.8 Å². The Balaban J connectivity index is 1.51. The Morgan fingerprint density at radius 3 is 2.52 bits per heavy atom. The molecule has 0 unspecified atom stereocenters. The number of amides is 2. The first-order valence-corrected chi connectivity index (χ1v) is 12.3. The molecular weight excluding hydrogens is 358 g/mol. The van der Waals surface area contributed by atoms with Crippen molar-refractivity contribution in [2.75, 3.05) is 6.54 Å². The Bertz CT molecular complexity index is 695. The van der Waals surface area contributed by atoms with Crippen LogP contribution in [0.25, 0.3) is 0 Å². The minimum Gasteiger partial charge on any atom is -0.282 e. The van der Waals surface area contributed by atoms with Crippen LogP contribution in [-0.2, 0) is 9.59 Å². The molecule has 7 atom stereocenters. The van der Waals surface area contributed by atoms with Gasteiger partial charge in [0.05, 0.1) is 11.8 Å². The molecule has 0 radical (unpaired) electrons. The zero-order valence-electron chi connectivity index (χ0n) is 19.2. The van der Waals surface area contributed by atoms with Crippen LogP contribution in [0.1, 0.15) is 86.0 Å². The van der Waals surface area contributed by atoms with E-state index < -0.39 is 0 Å². The quantitative estimate of drug-likeness (QED) is 0.415. The van der Waals surface area contributed by atoms with Gasteiger partial charge in [0.25, 0.3) is 0 Å². The zero-order chi connectivity index (χ0) is 20.9. The van der Waals surface area contributed by atoms with Crippen LogP contribution < -0.4 is 0 Å². The van der Waals surface area contributed by atoms with Crippen LogP contribution >= 0.6 is 0 Å². The van der Waals surface area contributed by atoms with Crippen molar-refractivity contribution in [3.63, 3.8) is 0 Å². The molecule has 3 heteroatoms. The van der Waals surface area contributed by atoms with Gasteiger partial charge in [0.15, 0.2) is 0 Å². The van der Waals surface area contributed by atoms with Gasteiger partial charge in [-0.15, -0.1) is 0 Å². The van der Waals surface area contributed by atoms with E-state index in [0.717, 1.165) is 30.6 Å². The molecule has 2 saturated carbocycles. The van der Waals surface area contributed by atoms with E-state index in [9.17, 15) is 9.59 Å². The summed E-state index contributed by atoms with van der Waals surface area (Å²) in [6.45, 7) is 12.2. The lowest BCUT2D eigenvalue weighted by Gasteiger charge is -2.49. The molecule has 0 aromatic rings. The molecule has 2 amide bonds. The molecule has 3 fully saturated rings. The van der Waals surface area contributed by atoms with Crippen LogP contribution in [0.5, 0.6) is 0 Å². The summed E-state index contributed by atoms with van der Waals surface area (Å²) in [5, 5.41) is 0. The van der Waals surface area contributed by atoms with Crippen molar-refractivity contribution in [1.82, 2.24) is 4.90 Å². The molecule has 4 aliphatic rings. The maximum absolute atomic E-state index is 13.0. The van der Waals surface area contributed by atoms with Crippen LogP contribution in [0.2, 0.25) is 0 Å². The van der Waals surface area contributed by atoms with E-state index in [1.54, 1.807) is 5.57 Å². The fourth-order valence-electron chi connectivity index (χ4n) is 7.82. The Morgan fingerprint density at radius 2 is 1.83 bits per heavy atom. The van der Waals surface area contributed by atoms with Gasteiger partial charge in [-0.25, -0.2) is 0 Å². The van der Waals surface area contributed by atoms with Crippen LogP contribution in [-0.4, -0.2) is 23.3 Å². The standard InChI is InChI=1S/C26H41NO2/c1-6-27-24(28)20-11-10-18-19(23(20)25(27)29)14-15-26(5)21(12-13-22(18)26)17(4)9-7-8-16(2)3/h10,16-17,19-23H,6-9,11-15H2,1-5H3/t17-,19-,20+,21-,22+,23-,26-/m1/s1. The fraction of sp³-hybridized carbons (Fsp3) is 0.846. The molecule has 29 heavy (non-hydrogen) atoms. The Kier molecular flexibility index (Phi) is 5.72. The highest BCUT2D eigenvalue weighted by Gasteiger charge is 2.59. The average Bonchev–Trinajstić information content (AvgIpc) is 3.15. The highest BCUT2D eigenvalue weighted by atomic mass is 16.2. The number of allylic oxidation sites excluding steroid dienone is 2. The zero-order valence-corrected chi connectivity index (χ0v) is 19.2. The van der Waals surface area contributed by atoms with Crippen molar-refractivity contribution in [3.8, 4) is 0 Å². The van der Waals surface area contributed by atoms with Crippen molar-refractivity contribution in [2.45, 2.75) is 86.0 Å². The van der Waals surface area contributed by atoms with Crippen LogP contribution in [0.15, 0.2) is 11.6 Å². The van der Waals surface area contributed by atoms with Crippen molar-refractivity contribution < 1.29 is 9.59 Å². The third-order valence-electron chi connectivity index (χ3n) is 9.29. The number of nitrogens with zero attached hydrogens (tertiary/aromatic N) is 1. The smallest absolute Gasteiger partial charge is 0.233 e. The molecule has 0 spiro atoms. The lowest BCUT2D eigenvalue weighted by molar-refractivity contribution is -0.139. The largest absolute Gasteiger partial charge is 0.282 e. The van der Waals surface area contributed by atoms with Crippen molar-refractivity contribution in [2.24, 2.45) is 46.8 Å². The summed E-state index contributed by atoms with van der Waals surface area (Å²) in [5.41, 5.74) is 1.96. The second-order valence-electron chi connectivity index (χ2n) is 11.2. The van der Waals surface area contributed by atoms with Crippen LogP contribution in [0, 0.1) is 46.8 Å². The number of hydrogen-bond acceptors (Lipinski definition) is 2. The molecule has 0 bridgehead atoms. The molecule has 3 aliphatic carbocycles. The normalized spacial score (nSPS) is 40.0. The van der Waals surface area contributed by atoms with E-state index >= 15 is 0 Å². The van der Waals surface area contributed by atoms with E-state index in [0.29, 0.717) is 23.8 Å². The summed E-state index contributed by atoms with van der Waals surface area (Å²) in [5.74, 6) is 3.46. The minimum absolute atomic E-state index is 0.0606. The summed E-state index contributed by atoms with van der Waals surface area (Å²) < 4.78 is 0. The summed E-state index contributed by atoms with van der Waals surface area (Å²) in [6.07, 6.45) is 12.2. The number of imide groups is 1. The minimum atomic E-state index is -0.0762. The predicted molar refractivity (Wildman–Crippen MR) is 117 cm³/mol. The monoisotopic (exact) mass is 399 g/mol. The van der Waals surface area contributed by atoms with Gasteiger partial charge in [-0.2, -0.15) is 0 Å². The third-order valence-corrected chi connectivity index (χ3v) is 9.29. The number of rotatable bonds is 6. The molecule has 162 valence electrons. The molecule has 0 aromatic heterocycles. The average molecular weight is 400 g/mol. The molecule has 1 aliphatic heterocycles. The maximum atomic E-state index is 13.0. The molecule has 4 rings (SSSR count). The third kappa shape index (κ3) is 3.31. The summed E-state index contributed by atoms with van der Waals surface area (Å²) in [6, 6.07) is 0. The van der Waals surface area contributed by atoms with Gasteiger partial charge in [0.1, 0.15) is 0 Å². The van der Waals surface area contributed by atoms with Crippen molar-refractivity contribution >= 4 is 11.8 Å². The van der Waals surface area contributed by atoms with E-state index in [-0.39, 0.29) is 23.7 Å². The van der Waals surface area contributed by atoms with Gasteiger partial charge >= 0.3 is 0 Å². The first-order chi connectivity index (χ1) is 13.8. The van der Waals surface area contributed by atoms with E-state index in [2.05, 4.69) is 33.8 Å². The predicted octanol–water partition coefficient (Wildman–Crippen LogP) is 5.84. The number of hydrogen-bond donors (Lipinski definition) is 0.